The second-order valence-corrected chi connectivity index (χ2v) is 6.18. The van der Waals surface area contributed by atoms with Crippen molar-refractivity contribution in [3.63, 3.8) is 0 Å². The van der Waals surface area contributed by atoms with Gasteiger partial charge in [0.15, 0.2) is 11.5 Å². The van der Waals surface area contributed by atoms with Crippen LogP contribution >= 0.6 is 0 Å². The number of H-pyrrole nitrogens is 1. The van der Waals surface area contributed by atoms with Crippen LogP contribution in [0.5, 0.6) is 11.5 Å². The molecule has 4 rings (SSSR count). The first-order valence-electron chi connectivity index (χ1n) is 8.77. The van der Waals surface area contributed by atoms with E-state index >= 15 is 0 Å². The Balaban J connectivity index is 1.56. The van der Waals surface area contributed by atoms with Gasteiger partial charge in [0.1, 0.15) is 5.82 Å². The van der Waals surface area contributed by atoms with Crippen LogP contribution in [0.2, 0.25) is 0 Å². The monoisotopic (exact) mass is 373 g/mol. The number of anilines is 1. The van der Waals surface area contributed by atoms with E-state index in [1.54, 1.807) is 18.2 Å². The Bertz CT molecular complexity index is 1100. The van der Waals surface area contributed by atoms with Crippen molar-refractivity contribution in [1.82, 2.24) is 9.97 Å². The average Bonchev–Trinajstić information content (AvgIpc) is 3.17. The number of carbonyl (C=O) groups is 1. The molecule has 0 atom stereocenters. The Morgan fingerprint density at radius 2 is 1.71 bits per heavy atom. The minimum absolute atomic E-state index is 0.271. The van der Waals surface area contributed by atoms with Crippen LogP contribution in [0.25, 0.3) is 22.4 Å². The van der Waals surface area contributed by atoms with Crippen molar-refractivity contribution < 1.29 is 14.3 Å². The van der Waals surface area contributed by atoms with Crippen molar-refractivity contribution in [3.8, 4) is 22.9 Å². The highest BCUT2D eigenvalue weighted by atomic mass is 16.5. The molecule has 1 heterocycles. The zero-order valence-electron chi connectivity index (χ0n) is 15.5. The highest BCUT2D eigenvalue weighted by Gasteiger charge is 2.16. The lowest BCUT2D eigenvalue weighted by Gasteiger charge is -2.12. The third-order valence-electron chi connectivity index (χ3n) is 4.45. The summed E-state index contributed by atoms with van der Waals surface area (Å²) in [6, 6.07) is 20.6. The number of benzene rings is 3. The molecule has 0 radical (unpaired) electrons. The standard InChI is InChI=1S/C22H19N3O3/c1-27-19-9-5-6-16(20(19)28-2)22(26)23-15-12-10-14(11-13-15)21-24-17-7-3-4-8-18(17)25-21/h3-13H,1-2H3,(H,23,26)(H,24,25). The molecular formula is C22H19N3O3. The second-order valence-electron chi connectivity index (χ2n) is 6.18. The van der Waals surface area contributed by atoms with Gasteiger partial charge >= 0.3 is 0 Å². The first-order valence-corrected chi connectivity index (χ1v) is 8.77. The molecule has 0 aliphatic rings. The third kappa shape index (κ3) is 3.27. The van der Waals surface area contributed by atoms with Gasteiger partial charge in [-0.25, -0.2) is 4.98 Å². The summed E-state index contributed by atoms with van der Waals surface area (Å²) >= 11 is 0. The van der Waals surface area contributed by atoms with Crippen LogP contribution in [0, 0.1) is 0 Å². The number of methoxy groups -OCH3 is 2. The van der Waals surface area contributed by atoms with E-state index in [1.165, 1.54) is 14.2 Å². The zero-order chi connectivity index (χ0) is 19.5. The van der Waals surface area contributed by atoms with Crippen LogP contribution in [-0.2, 0) is 0 Å². The highest BCUT2D eigenvalue weighted by Crippen LogP contribution is 2.31. The number of ether oxygens (including phenoxy) is 2. The molecule has 0 aliphatic heterocycles. The number of aromatic nitrogens is 2. The minimum Gasteiger partial charge on any atom is -0.493 e. The molecule has 0 saturated heterocycles. The maximum Gasteiger partial charge on any atom is 0.259 e. The van der Waals surface area contributed by atoms with Crippen LogP contribution < -0.4 is 14.8 Å². The van der Waals surface area contributed by atoms with Gasteiger partial charge in [0.05, 0.1) is 30.8 Å². The van der Waals surface area contributed by atoms with Gasteiger partial charge < -0.3 is 19.8 Å². The first-order chi connectivity index (χ1) is 13.7. The normalized spacial score (nSPS) is 10.6. The fourth-order valence-electron chi connectivity index (χ4n) is 3.07. The lowest BCUT2D eigenvalue weighted by atomic mass is 10.1. The summed E-state index contributed by atoms with van der Waals surface area (Å²) in [7, 11) is 3.05. The fraction of sp³-hybridized carbons (Fsp3) is 0.0909. The number of carbonyl (C=O) groups excluding carboxylic acids is 1. The van der Waals surface area contributed by atoms with E-state index in [0.29, 0.717) is 22.7 Å². The number of fused-ring (bicyclic) bond motifs is 1. The van der Waals surface area contributed by atoms with Gasteiger partial charge in [-0.2, -0.15) is 0 Å². The zero-order valence-corrected chi connectivity index (χ0v) is 15.5. The Morgan fingerprint density at radius 1 is 0.929 bits per heavy atom. The summed E-state index contributed by atoms with van der Waals surface area (Å²) in [6.07, 6.45) is 0. The van der Waals surface area contributed by atoms with Crippen LogP contribution in [0.15, 0.2) is 66.7 Å². The Morgan fingerprint density at radius 3 is 2.43 bits per heavy atom. The summed E-state index contributed by atoms with van der Waals surface area (Å²) in [5, 5.41) is 2.88. The lowest BCUT2D eigenvalue weighted by Crippen LogP contribution is -2.13. The first kappa shape index (κ1) is 17.6. The number of rotatable bonds is 5. The Hall–Kier alpha value is -3.80. The van der Waals surface area contributed by atoms with Gasteiger partial charge in [-0.05, 0) is 48.5 Å². The van der Waals surface area contributed by atoms with Gasteiger partial charge in [0, 0.05) is 11.3 Å². The predicted molar refractivity (Wildman–Crippen MR) is 109 cm³/mol. The number of nitrogens with one attached hydrogen (secondary N) is 2. The number of para-hydroxylation sites is 3. The molecule has 0 spiro atoms. The second kappa shape index (κ2) is 7.44. The average molecular weight is 373 g/mol. The molecule has 0 aliphatic carbocycles. The summed E-state index contributed by atoms with van der Waals surface area (Å²) in [5.74, 6) is 1.43. The molecule has 1 amide bonds. The van der Waals surface area contributed by atoms with E-state index < -0.39 is 0 Å². The Labute approximate surface area is 162 Å². The number of nitrogens with zero attached hydrogens (tertiary/aromatic N) is 1. The van der Waals surface area contributed by atoms with Crippen molar-refractivity contribution in [1.29, 1.82) is 0 Å². The lowest BCUT2D eigenvalue weighted by molar-refractivity contribution is 0.102. The van der Waals surface area contributed by atoms with E-state index in [2.05, 4.69) is 15.3 Å². The SMILES string of the molecule is COc1cccc(C(=O)Nc2ccc(-c3nc4ccccc4[nH]3)cc2)c1OC. The van der Waals surface area contributed by atoms with E-state index in [0.717, 1.165) is 22.4 Å². The number of aromatic amines is 1. The molecule has 3 aromatic carbocycles. The van der Waals surface area contributed by atoms with Crippen molar-refractivity contribution in [2.24, 2.45) is 0 Å². The number of hydrogen-bond acceptors (Lipinski definition) is 4. The molecule has 0 fully saturated rings. The fourth-order valence-corrected chi connectivity index (χ4v) is 3.07. The molecule has 0 bridgehead atoms. The molecule has 0 unspecified atom stereocenters. The molecular weight excluding hydrogens is 354 g/mol. The van der Waals surface area contributed by atoms with Crippen molar-refractivity contribution in [2.75, 3.05) is 19.5 Å². The number of amides is 1. The van der Waals surface area contributed by atoms with Gasteiger partial charge in [-0.3, -0.25) is 4.79 Å². The van der Waals surface area contributed by atoms with Gasteiger partial charge in [-0.1, -0.05) is 18.2 Å². The minimum atomic E-state index is -0.271. The van der Waals surface area contributed by atoms with Crippen molar-refractivity contribution >= 4 is 22.6 Å². The summed E-state index contributed by atoms with van der Waals surface area (Å²) in [4.78, 5) is 20.6. The van der Waals surface area contributed by atoms with Crippen LogP contribution in [0.1, 0.15) is 10.4 Å². The van der Waals surface area contributed by atoms with Crippen LogP contribution in [-0.4, -0.2) is 30.1 Å². The molecule has 140 valence electrons. The molecule has 1 aromatic heterocycles. The highest BCUT2D eigenvalue weighted by molar-refractivity contribution is 6.06. The van der Waals surface area contributed by atoms with Gasteiger partial charge in [-0.15, -0.1) is 0 Å². The topological polar surface area (TPSA) is 76.2 Å². The Kier molecular flexibility index (Phi) is 4.68. The molecule has 2 N–H and O–H groups in total. The summed E-state index contributed by atoms with van der Waals surface area (Å²) in [5.41, 5.74) is 3.92. The van der Waals surface area contributed by atoms with Crippen LogP contribution in [0.3, 0.4) is 0 Å². The molecule has 6 heteroatoms. The van der Waals surface area contributed by atoms with E-state index in [9.17, 15) is 4.79 Å². The quantitative estimate of drug-likeness (QED) is 0.540. The molecule has 6 nitrogen and oxygen atoms in total. The summed E-state index contributed by atoms with van der Waals surface area (Å²) < 4.78 is 10.6. The maximum absolute atomic E-state index is 12.7. The van der Waals surface area contributed by atoms with E-state index in [4.69, 9.17) is 9.47 Å². The third-order valence-corrected chi connectivity index (χ3v) is 4.45. The molecule has 0 saturated carbocycles. The largest absolute Gasteiger partial charge is 0.493 e. The van der Waals surface area contributed by atoms with Gasteiger partial charge in [0.2, 0.25) is 0 Å². The smallest absolute Gasteiger partial charge is 0.259 e. The number of hydrogen-bond donors (Lipinski definition) is 2. The summed E-state index contributed by atoms with van der Waals surface area (Å²) in [6.45, 7) is 0. The number of imidazole rings is 1. The predicted octanol–water partition coefficient (Wildman–Crippen LogP) is 4.50. The van der Waals surface area contributed by atoms with Crippen molar-refractivity contribution in [2.45, 2.75) is 0 Å². The van der Waals surface area contributed by atoms with Crippen LogP contribution in [0.4, 0.5) is 5.69 Å². The van der Waals surface area contributed by atoms with E-state index in [1.807, 2.05) is 48.5 Å². The van der Waals surface area contributed by atoms with E-state index in [-0.39, 0.29) is 5.91 Å². The maximum atomic E-state index is 12.7. The molecule has 28 heavy (non-hydrogen) atoms. The van der Waals surface area contributed by atoms with Gasteiger partial charge in [0.25, 0.3) is 5.91 Å². The molecule has 4 aromatic rings. The van der Waals surface area contributed by atoms with Crippen molar-refractivity contribution in [3.05, 3.63) is 72.3 Å².